The van der Waals surface area contributed by atoms with Crippen molar-refractivity contribution in [1.82, 2.24) is 14.8 Å². The number of rotatable bonds is 7. The van der Waals surface area contributed by atoms with Crippen LogP contribution < -0.4 is 9.64 Å². The Morgan fingerprint density at radius 2 is 2.00 bits per heavy atom. The van der Waals surface area contributed by atoms with E-state index in [1.165, 1.54) is 28.4 Å². The maximum absolute atomic E-state index is 13.5. The molecule has 2 aromatic carbocycles. The number of fused-ring (bicyclic) bond motifs is 1. The first-order valence-corrected chi connectivity index (χ1v) is 12.1. The van der Waals surface area contributed by atoms with Gasteiger partial charge in [0.2, 0.25) is 0 Å². The van der Waals surface area contributed by atoms with Crippen LogP contribution in [0.25, 0.3) is 10.2 Å². The van der Waals surface area contributed by atoms with Crippen molar-refractivity contribution >= 4 is 42.4 Å². The molecule has 2 heterocycles. The molecule has 31 heavy (non-hydrogen) atoms. The standard InChI is InChI=1S/C21H20N4O4S2/c1-29-15-8-9-17-18(14-15)30-21(23-17)25(13-12-24-11-5-10-22-24)20(26)16-6-3-4-7-19(16)31(2,27)28/h3-11,14H,12-13H2,1-2H3. The number of hydrogen-bond acceptors (Lipinski definition) is 7. The Morgan fingerprint density at radius 1 is 1.19 bits per heavy atom. The minimum Gasteiger partial charge on any atom is -0.497 e. The summed E-state index contributed by atoms with van der Waals surface area (Å²) in [5, 5.41) is 4.66. The van der Waals surface area contributed by atoms with Gasteiger partial charge in [0, 0.05) is 25.2 Å². The first-order valence-electron chi connectivity index (χ1n) is 9.40. The second kappa shape index (κ2) is 8.48. The summed E-state index contributed by atoms with van der Waals surface area (Å²) in [4.78, 5) is 19.7. The summed E-state index contributed by atoms with van der Waals surface area (Å²) < 4.78 is 32.4. The number of hydrogen-bond donors (Lipinski definition) is 0. The number of sulfone groups is 1. The van der Waals surface area contributed by atoms with Crippen LogP contribution in [-0.4, -0.2) is 49.0 Å². The van der Waals surface area contributed by atoms with Crippen molar-refractivity contribution in [2.24, 2.45) is 0 Å². The molecule has 2 aromatic heterocycles. The molecule has 10 heteroatoms. The molecule has 8 nitrogen and oxygen atoms in total. The highest BCUT2D eigenvalue weighted by Gasteiger charge is 2.26. The molecule has 0 bridgehead atoms. The molecular formula is C21H20N4O4S2. The highest BCUT2D eigenvalue weighted by molar-refractivity contribution is 7.90. The van der Waals surface area contributed by atoms with E-state index in [4.69, 9.17) is 4.74 Å². The van der Waals surface area contributed by atoms with Gasteiger partial charge in [-0.3, -0.25) is 14.4 Å². The Balaban J connectivity index is 1.77. The average molecular weight is 457 g/mol. The maximum atomic E-state index is 13.5. The summed E-state index contributed by atoms with van der Waals surface area (Å²) in [5.41, 5.74) is 0.844. The lowest BCUT2D eigenvalue weighted by atomic mass is 10.2. The molecule has 160 valence electrons. The number of ether oxygens (including phenoxy) is 1. The van der Waals surface area contributed by atoms with Crippen LogP contribution >= 0.6 is 11.3 Å². The van der Waals surface area contributed by atoms with Crippen LogP contribution in [0.4, 0.5) is 5.13 Å². The van der Waals surface area contributed by atoms with Gasteiger partial charge in [0.1, 0.15) is 5.75 Å². The van der Waals surface area contributed by atoms with E-state index in [-0.39, 0.29) is 17.0 Å². The third-order valence-corrected chi connectivity index (χ3v) is 6.89. The molecule has 0 N–H and O–H groups in total. The minimum absolute atomic E-state index is 0.00753. The Morgan fingerprint density at radius 3 is 2.71 bits per heavy atom. The largest absolute Gasteiger partial charge is 0.497 e. The first kappa shape index (κ1) is 21.0. The second-order valence-corrected chi connectivity index (χ2v) is 9.82. The number of methoxy groups -OCH3 is 1. The van der Waals surface area contributed by atoms with Gasteiger partial charge in [-0.05, 0) is 36.4 Å². The monoisotopic (exact) mass is 456 g/mol. The van der Waals surface area contributed by atoms with Crippen molar-refractivity contribution in [1.29, 1.82) is 0 Å². The summed E-state index contributed by atoms with van der Waals surface area (Å²) in [6, 6.07) is 13.5. The first-order chi connectivity index (χ1) is 14.9. The summed E-state index contributed by atoms with van der Waals surface area (Å²) in [6.45, 7) is 0.703. The molecule has 0 saturated carbocycles. The lowest BCUT2D eigenvalue weighted by molar-refractivity contribution is 0.0982. The molecule has 4 rings (SSSR count). The number of aromatic nitrogens is 3. The van der Waals surface area contributed by atoms with Crippen molar-refractivity contribution in [2.75, 3.05) is 24.8 Å². The van der Waals surface area contributed by atoms with Gasteiger partial charge in [-0.1, -0.05) is 23.5 Å². The molecule has 0 spiro atoms. The van der Waals surface area contributed by atoms with Gasteiger partial charge in [0.15, 0.2) is 15.0 Å². The lowest BCUT2D eigenvalue weighted by Gasteiger charge is -2.21. The lowest BCUT2D eigenvalue weighted by Crippen LogP contribution is -2.34. The molecule has 0 fully saturated rings. The van der Waals surface area contributed by atoms with Crippen molar-refractivity contribution in [3.63, 3.8) is 0 Å². The number of carbonyl (C=O) groups excluding carboxylic acids is 1. The summed E-state index contributed by atoms with van der Waals surface area (Å²) >= 11 is 1.34. The molecule has 0 aliphatic carbocycles. The third kappa shape index (κ3) is 4.44. The number of amides is 1. The van der Waals surface area contributed by atoms with Crippen LogP contribution in [0.1, 0.15) is 10.4 Å². The molecule has 0 aliphatic rings. The van der Waals surface area contributed by atoms with Gasteiger partial charge >= 0.3 is 0 Å². The number of benzene rings is 2. The van der Waals surface area contributed by atoms with E-state index in [1.807, 2.05) is 12.1 Å². The van der Waals surface area contributed by atoms with E-state index in [0.29, 0.717) is 17.4 Å². The van der Waals surface area contributed by atoms with Gasteiger partial charge in [-0.15, -0.1) is 0 Å². The van der Waals surface area contributed by atoms with Crippen molar-refractivity contribution < 1.29 is 17.9 Å². The second-order valence-electron chi connectivity index (χ2n) is 6.82. The van der Waals surface area contributed by atoms with Gasteiger partial charge in [0.25, 0.3) is 5.91 Å². The number of carbonyl (C=O) groups is 1. The maximum Gasteiger partial charge on any atom is 0.261 e. The number of thiazole rings is 1. The zero-order valence-electron chi connectivity index (χ0n) is 16.9. The van der Waals surface area contributed by atoms with E-state index >= 15 is 0 Å². The fourth-order valence-corrected chi connectivity index (χ4v) is 5.07. The molecule has 0 atom stereocenters. The molecule has 0 unspecified atom stereocenters. The normalized spacial score (nSPS) is 11.5. The zero-order valence-corrected chi connectivity index (χ0v) is 18.6. The van der Waals surface area contributed by atoms with Gasteiger partial charge in [0.05, 0.1) is 34.3 Å². The summed E-state index contributed by atoms with van der Waals surface area (Å²) in [7, 11) is -2.00. The van der Waals surface area contributed by atoms with Crippen molar-refractivity contribution in [3.05, 3.63) is 66.5 Å². The molecule has 1 amide bonds. The average Bonchev–Trinajstić information content (AvgIpc) is 3.42. The molecule has 0 aliphatic heterocycles. The Labute approximate surface area is 183 Å². The predicted molar refractivity (Wildman–Crippen MR) is 120 cm³/mol. The molecule has 4 aromatic rings. The van der Waals surface area contributed by atoms with Crippen LogP contribution in [0.3, 0.4) is 0 Å². The summed E-state index contributed by atoms with van der Waals surface area (Å²) in [6.07, 6.45) is 4.56. The number of anilines is 1. The van der Waals surface area contributed by atoms with E-state index < -0.39 is 15.7 Å². The minimum atomic E-state index is -3.58. The zero-order chi connectivity index (χ0) is 22.0. The van der Waals surface area contributed by atoms with E-state index in [9.17, 15) is 13.2 Å². The molecular weight excluding hydrogens is 436 g/mol. The predicted octanol–water partition coefficient (Wildman–Crippen LogP) is 3.25. The summed E-state index contributed by atoms with van der Waals surface area (Å²) in [5.74, 6) is 0.263. The van der Waals surface area contributed by atoms with Crippen LogP contribution in [0.2, 0.25) is 0 Å². The highest BCUT2D eigenvalue weighted by atomic mass is 32.2. The fourth-order valence-electron chi connectivity index (χ4n) is 3.17. The van der Waals surface area contributed by atoms with E-state index in [2.05, 4.69) is 10.1 Å². The van der Waals surface area contributed by atoms with Gasteiger partial charge < -0.3 is 4.74 Å². The van der Waals surface area contributed by atoms with Crippen molar-refractivity contribution in [3.8, 4) is 5.75 Å². The van der Waals surface area contributed by atoms with Gasteiger partial charge in [-0.2, -0.15) is 5.10 Å². The van der Waals surface area contributed by atoms with Crippen molar-refractivity contribution in [2.45, 2.75) is 11.4 Å². The van der Waals surface area contributed by atoms with E-state index in [0.717, 1.165) is 16.5 Å². The SMILES string of the molecule is COc1ccc2nc(N(CCn3cccn3)C(=O)c3ccccc3S(C)(=O)=O)sc2c1. The van der Waals surface area contributed by atoms with Crippen LogP contribution in [0, 0.1) is 0 Å². The van der Waals surface area contributed by atoms with E-state index in [1.54, 1.807) is 48.5 Å². The highest BCUT2D eigenvalue weighted by Crippen LogP contribution is 2.32. The smallest absolute Gasteiger partial charge is 0.261 e. The topological polar surface area (TPSA) is 94.4 Å². The Kier molecular flexibility index (Phi) is 5.75. The molecule has 0 radical (unpaired) electrons. The molecule has 0 saturated heterocycles. The quantitative estimate of drug-likeness (QED) is 0.424. The van der Waals surface area contributed by atoms with Crippen LogP contribution in [0.15, 0.2) is 65.8 Å². The van der Waals surface area contributed by atoms with Gasteiger partial charge in [-0.25, -0.2) is 13.4 Å². The Hall–Kier alpha value is -3.24. The number of nitrogens with zero attached hydrogens (tertiary/aromatic N) is 4. The third-order valence-electron chi connectivity index (χ3n) is 4.69. The van der Waals surface area contributed by atoms with Crippen LogP contribution in [-0.2, 0) is 16.4 Å². The Bertz CT molecular complexity index is 1330. The fraction of sp³-hybridized carbons (Fsp3) is 0.190. The van der Waals surface area contributed by atoms with Crippen LogP contribution in [0.5, 0.6) is 5.75 Å².